The van der Waals surface area contributed by atoms with E-state index in [1.165, 1.54) is 9.87 Å². The number of hydrogen-bond acceptors (Lipinski definition) is 5. The van der Waals surface area contributed by atoms with Crippen molar-refractivity contribution in [3.8, 4) is 11.5 Å². The summed E-state index contributed by atoms with van der Waals surface area (Å²) in [5.74, 6) is 0.785. The number of aryl methyl sites for hydroxylation is 2. The van der Waals surface area contributed by atoms with Gasteiger partial charge in [-0.05, 0) is 61.1 Å². The van der Waals surface area contributed by atoms with Gasteiger partial charge in [-0.25, -0.2) is 8.42 Å². The molecular weight excluding hydrogens is 404 g/mol. The largest absolute Gasteiger partial charge is 0.486 e. The maximum absolute atomic E-state index is 13.1. The Labute approximate surface area is 177 Å². The molecule has 1 N–H and O–H groups in total. The highest BCUT2D eigenvalue weighted by molar-refractivity contribution is 7.89. The molecule has 1 aliphatic carbocycles. The summed E-state index contributed by atoms with van der Waals surface area (Å²) in [5, 5.41) is 2.75. The third-order valence-corrected chi connectivity index (χ3v) is 7.37. The number of carbonyl (C=O) groups excluding carboxylic acids is 1. The average molecular weight is 431 g/mol. The molecule has 0 fully saturated rings. The monoisotopic (exact) mass is 430 g/mol. The van der Waals surface area contributed by atoms with E-state index in [2.05, 4.69) is 5.32 Å². The number of carbonyl (C=O) groups is 1. The van der Waals surface area contributed by atoms with Gasteiger partial charge in [-0.3, -0.25) is 4.79 Å². The predicted molar refractivity (Wildman–Crippen MR) is 114 cm³/mol. The van der Waals surface area contributed by atoms with Crippen molar-refractivity contribution in [2.75, 3.05) is 31.6 Å². The highest BCUT2D eigenvalue weighted by Gasteiger charge is 2.26. The van der Waals surface area contributed by atoms with Gasteiger partial charge in [-0.15, -0.1) is 0 Å². The first-order valence-electron chi connectivity index (χ1n) is 10.3. The number of benzene rings is 2. The van der Waals surface area contributed by atoms with Crippen LogP contribution in [0.4, 0.5) is 5.69 Å². The first-order chi connectivity index (χ1) is 14.5. The van der Waals surface area contributed by atoms with Crippen molar-refractivity contribution in [2.45, 2.75) is 37.5 Å². The Morgan fingerprint density at radius 2 is 1.73 bits per heavy atom. The quantitative estimate of drug-likeness (QED) is 0.762. The van der Waals surface area contributed by atoms with Gasteiger partial charge in [0.05, 0.1) is 11.4 Å². The van der Waals surface area contributed by atoms with Gasteiger partial charge in [0.2, 0.25) is 15.9 Å². The van der Waals surface area contributed by atoms with E-state index in [0.29, 0.717) is 30.4 Å². The van der Waals surface area contributed by atoms with Crippen molar-refractivity contribution in [3.63, 3.8) is 0 Å². The predicted octanol–water partition coefficient (Wildman–Crippen LogP) is 2.99. The lowest BCUT2D eigenvalue weighted by molar-refractivity contribution is -0.116. The molecule has 0 unspecified atom stereocenters. The van der Waals surface area contributed by atoms with Gasteiger partial charge in [0.1, 0.15) is 13.2 Å². The summed E-state index contributed by atoms with van der Waals surface area (Å²) in [6.45, 7) is 2.61. The van der Waals surface area contributed by atoms with Crippen molar-refractivity contribution in [2.24, 2.45) is 0 Å². The molecule has 1 heterocycles. The fourth-order valence-electron chi connectivity index (χ4n) is 3.87. The van der Waals surface area contributed by atoms with E-state index in [4.69, 9.17) is 9.47 Å². The van der Waals surface area contributed by atoms with Gasteiger partial charge >= 0.3 is 0 Å². The van der Waals surface area contributed by atoms with E-state index in [9.17, 15) is 13.2 Å². The van der Waals surface area contributed by atoms with Crippen LogP contribution in [-0.2, 0) is 27.7 Å². The lowest BCUT2D eigenvalue weighted by Gasteiger charge is -2.22. The molecular formula is C22H26N2O5S. The molecule has 4 rings (SSSR count). The summed E-state index contributed by atoms with van der Waals surface area (Å²) in [6.07, 6.45) is 4.10. The fourth-order valence-corrected chi connectivity index (χ4v) is 5.32. The Kier molecular flexibility index (Phi) is 5.97. The lowest BCUT2D eigenvalue weighted by Crippen LogP contribution is -2.38. The third-order valence-electron chi connectivity index (χ3n) is 5.46. The SMILES string of the molecule is CCN(CC(=O)Nc1ccc2c(c1)OCCO2)S(=O)(=O)c1ccc2c(c1)CCCC2. The van der Waals surface area contributed by atoms with E-state index in [0.717, 1.165) is 31.2 Å². The maximum Gasteiger partial charge on any atom is 0.243 e. The van der Waals surface area contributed by atoms with Crippen molar-refractivity contribution >= 4 is 21.6 Å². The summed E-state index contributed by atoms with van der Waals surface area (Å²) >= 11 is 0. The molecule has 0 bridgehead atoms. The second kappa shape index (κ2) is 8.65. The van der Waals surface area contributed by atoms with Gasteiger partial charge in [-0.1, -0.05) is 13.0 Å². The fraction of sp³-hybridized carbons (Fsp3) is 0.409. The first kappa shape index (κ1) is 20.7. The number of likely N-dealkylation sites (N-methyl/N-ethyl adjacent to an activating group) is 1. The minimum atomic E-state index is -3.76. The Hall–Kier alpha value is -2.58. The third kappa shape index (κ3) is 4.29. The van der Waals surface area contributed by atoms with Crippen LogP contribution in [0.1, 0.15) is 30.9 Å². The second-order valence-corrected chi connectivity index (χ2v) is 9.41. The maximum atomic E-state index is 13.1. The van der Waals surface area contributed by atoms with Gasteiger partial charge in [-0.2, -0.15) is 4.31 Å². The van der Waals surface area contributed by atoms with Crippen LogP contribution in [-0.4, -0.2) is 44.9 Å². The number of nitrogens with one attached hydrogen (secondary N) is 1. The Morgan fingerprint density at radius 3 is 2.50 bits per heavy atom. The number of ether oxygens (including phenoxy) is 2. The molecule has 0 atom stereocenters. The minimum absolute atomic E-state index is 0.202. The Balaban J connectivity index is 1.47. The normalized spacial score (nSPS) is 15.5. The van der Waals surface area contributed by atoms with E-state index >= 15 is 0 Å². The van der Waals surface area contributed by atoms with Crippen LogP contribution >= 0.6 is 0 Å². The van der Waals surface area contributed by atoms with Crippen LogP contribution in [0.3, 0.4) is 0 Å². The van der Waals surface area contributed by atoms with Gasteiger partial charge in [0.25, 0.3) is 0 Å². The minimum Gasteiger partial charge on any atom is -0.486 e. The Bertz CT molecular complexity index is 1050. The van der Waals surface area contributed by atoms with E-state index < -0.39 is 15.9 Å². The number of nitrogens with zero attached hydrogens (tertiary/aromatic N) is 1. The zero-order valence-electron chi connectivity index (χ0n) is 17.0. The smallest absolute Gasteiger partial charge is 0.243 e. The number of fused-ring (bicyclic) bond motifs is 2. The molecule has 0 radical (unpaired) electrons. The summed E-state index contributed by atoms with van der Waals surface area (Å²) in [4.78, 5) is 12.8. The molecule has 8 heteroatoms. The molecule has 1 aliphatic heterocycles. The van der Waals surface area contributed by atoms with Crippen LogP contribution in [0.15, 0.2) is 41.3 Å². The highest BCUT2D eigenvalue weighted by atomic mass is 32.2. The molecule has 160 valence electrons. The number of rotatable bonds is 6. The molecule has 1 amide bonds. The molecule has 7 nitrogen and oxygen atoms in total. The van der Waals surface area contributed by atoms with Crippen LogP contribution in [0.2, 0.25) is 0 Å². The summed E-state index contributed by atoms with van der Waals surface area (Å²) < 4.78 is 38.5. The van der Waals surface area contributed by atoms with Crippen LogP contribution in [0.25, 0.3) is 0 Å². The molecule has 30 heavy (non-hydrogen) atoms. The molecule has 0 spiro atoms. The van der Waals surface area contributed by atoms with Crippen molar-refractivity contribution in [1.82, 2.24) is 4.31 Å². The molecule has 2 aromatic rings. The zero-order valence-corrected chi connectivity index (χ0v) is 17.8. The first-order valence-corrected chi connectivity index (χ1v) is 11.7. The topological polar surface area (TPSA) is 84.9 Å². The lowest BCUT2D eigenvalue weighted by atomic mass is 9.92. The summed E-state index contributed by atoms with van der Waals surface area (Å²) in [5.41, 5.74) is 2.85. The highest BCUT2D eigenvalue weighted by Crippen LogP contribution is 2.32. The molecule has 2 aliphatic rings. The number of anilines is 1. The molecule has 0 saturated carbocycles. The molecule has 0 saturated heterocycles. The molecule has 0 aromatic heterocycles. The van der Waals surface area contributed by atoms with Crippen molar-refractivity contribution in [1.29, 1.82) is 0 Å². The van der Waals surface area contributed by atoms with E-state index in [-0.39, 0.29) is 18.0 Å². The Morgan fingerprint density at radius 1 is 1.00 bits per heavy atom. The van der Waals surface area contributed by atoms with Gasteiger partial charge in [0, 0.05) is 18.3 Å². The summed E-state index contributed by atoms with van der Waals surface area (Å²) in [7, 11) is -3.76. The second-order valence-electron chi connectivity index (χ2n) is 7.48. The molecule has 2 aromatic carbocycles. The summed E-state index contributed by atoms with van der Waals surface area (Å²) in [6, 6.07) is 10.4. The van der Waals surface area contributed by atoms with Crippen LogP contribution < -0.4 is 14.8 Å². The van der Waals surface area contributed by atoms with E-state index in [1.807, 2.05) is 6.07 Å². The van der Waals surface area contributed by atoms with Crippen molar-refractivity contribution in [3.05, 3.63) is 47.5 Å². The van der Waals surface area contributed by atoms with Gasteiger partial charge < -0.3 is 14.8 Å². The number of sulfonamides is 1. The van der Waals surface area contributed by atoms with Gasteiger partial charge in [0.15, 0.2) is 11.5 Å². The van der Waals surface area contributed by atoms with Crippen LogP contribution in [0.5, 0.6) is 11.5 Å². The average Bonchev–Trinajstić information content (AvgIpc) is 2.77. The number of hydrogen-bond donors (Lipinski definition) is 1. The van der Waals surface area contributed by atoms with E-state index in [1.54, 1.807) is 37.3 Å². The zero-order chi connectivity index (χ0) is 21.1. The standard InChI is InChI=1S/C22H26N2O5S/c1-2-24(30(26,27)19-9-7-16-5-3-4-6-17(16)13-19)15-22(25)23-18-8-10-20-21(14-18)29-12-11-28-20/h7-10,13-14H,2-6,11-12,15H2,1H3,(H,23,25). The number of amides is 1. The van der Waals surface area contributed by atoms with Crippen LogP contribution in [0, 0.1) is 0 Å². The van der Waals surface area contributed by atoms with Crippen molar-refractivity contribution < 1.29 is 22.7 Å².